The Balaban J connectivity index is 0.00000168. The molecule has 1 atom stereocenters. The van der Waals surface area contributed by atoms with Gasteiger partial charge in [0, 0.05) is 16.0 Å². The maximum absolute atomic E-state index is 14.0. The molecule has 5 rings (SSSR count). The minimum atomic E-state index is -0.149. The van der Waals surface area contributed by atoms with E-state index in [4.69, 9.17) is 4.98 Å². The van der Waals surface area contributed by atoms with Crippen LogP contribution in [0.4, 0.5) is 4.39 Å². The zero-order valence-corrected chi connectivity index (χ0v) is 16.6. The van der Waals surface area contributed by atoms with Crippen molar-refractivity contribution in [3.63, 3.8) is 0 Å². The van der Waals surface area contributed by atoms with Crippen LogP contribution in [0.25, 0.3) is 21.3 Å². The van der Waals surface area contributed by atoms with E-state index in [9.17, 15) is 4.39 Å². The van der Waals surface area contributed by atoms with Crippen LogP contribution in [0.2, 0.25) is 0 Å². The molecule has 0 spiro atoms. The summed E-state index contributed by atoms with van der Waals surface area (Å²) in [6, 6.07) is 7.17. The minimum absolute atomic E-state index is 0. The van der Waals surface area contributed by atoms with Gasteiger partial charge in [-0.1, -0.05) is 19.1 Å². The van der Waals surface area contributed by atoms with Crippen molar-refractivity contribution in [3.05, 3.63) is 51.8 Å². The molecule has 1 nitrogen and oxygen atoms in total. The number of aryl methyl sites for hydroxylation is 2. The summed E-state index contributed by atoms with van der Waals surface area (Å²) in [5.74, 6) is 0.351. The second kappa shape index (κ2) is 6.94. The molecule has 4 heteroatoms. The lowest BCUT2D eigenvalue weighted by atomic mass is 9.81. The van der Waals surface area contributed by atoms with Crippen LogP contribution >= 0.6 is 23.7 Å². The summed E-state index contributed by atoms with van der Waals surface area (Å²) in [5.41, 5.74) is 6.45. The van der Waals surface area contributed by atoms with E-state index in [1.165, 1.54) is 69.6 Å². The third-order valence-corrected chi connectivity index (χ3v) is 7.07. The van der Waals surface area contributed by atoms with Gasteiger partial charge in [0.05, 0.1) is 0 Å². The third kappa shape index (κ3) is 2.76. The molecule has 2 aliphatic carbocycles. The first kappa shape index (κ1) is 17.9. The molecule has 0 bridgehead atoms. The first-order valence-corrected chi connectivity index (χ1v) is 10.3. The Bertz CT molecular complexity index is 978. The molecular weight excluding hydrogens is 365 g/mol. The van der Waals surface area contributed by atoms with E-state index < -0.39 is 0 Å². The Morgan fingerprint density at radius 1 is 1.08 bits per heavy atom. The van der Waals surface area contributed by atoms with Crippen molar-refractivity contribution < 1.29 is 4.39 Å². The fourth-order valence-corrected chi connectivity index (χ4v) is 5.97. The third-order valence-electron chi connectivity index (χ3n) is 5.88. The predicted molar refractivity (Wildman–Crippen MR) is 110 cm³/mol. The lowest BCUT2D eigenvalue weighted by molar-refractivity contribution is 0.577. The van der Waals surface area contributed by atoms with Crippen LogP contribution < -0.4 is 0 Å². The van der Waals surface area contributed by atoms with E-state index in [1.807, 2.05) is 17.4 Å². The number of hydrogen-bond donors (Lipinski definition) is 0. The van der Waals surface area contributed by atoms with Gasteiger partial charge >= 0.3 is 0 Å². The molecule has 26 heavy (non-hydrogen) atoms. The quantitative estimate of drug-likeness (QED) is 0.445. The van der Waals surface area contributed by atoms with Gasteiger partial charge in [0.25, 0.3) is 0 Å². The lowest BCUT2D eigenvalue weighted by Gasteiger charge is -2.25. The summed E-state index contributed by atoms with van der Waals surface area (Å²) in [5, 5.41) is 1.33. The van der Waals surface area contributed by atoms with E-state index >= 15 is 0 Å². The van der Waals surface area contributed by atoms with E-state index in [-0.39, 0.29) is 18.2 Å². The molecule has 0 saturated carbocycles. The molecule has 1 unspecified atom stereocenters. The molecule has 1 aromatic carbocycles. The van der Waals surface area contributed by atoms with Crippen LogP contribution in [0.3, 0.4) is 0 Å². The normalized spacial score (nSPS) is 18.9. The standard InChI is InChI=1S/C22H22FNS.ClH/c1-13-6-4-10-17-19(14-7-5-8-15(23)12-14)20-16-9-2-3-11-18(16)25-22(20)24-21(13)17;/h5,7-8,12-13H,2-4,6,9-11H2,1H3;1H. The highest BCUT2D eigenvalue weighted by Gasteiger charge is 2.28. The van der Waals surface area contributed by atoms with Gasteiger partial charge in [0.15, 0.2) is 0 Å². The van der Waals surface area contributed by atoms with Crippen molar-refractivity contribution >= 4 is 34.0 Å². The van der Waals surface area contributed by atoms with E-state index in [0.29, 0.717) is 5.92 Å². The fourth-order valence-electron chi connectivity index (χ4n) is 4.69. The number of pyridine rings is 1. The highest BCUT2D eigenvalue weighted by atomic mass is 35.5. The summed E-state index contributed by atoms with van der Waals surface area (Å²) in [4.78, 5) is 7.83. The maximum atomic E-state index is 14.0. The van der Waals surface area contributed by atoms with Crippen LogP contribution in [-0.4, -0.2) is 4.98 Å². The number of fused-ring (bicyclic) bond motifs is 4. The van der Waals surface area contributed by atoms with Gasteiger partial charge in [-0.2, -0.15) is 0 Å². The van der Waals surface area contributed by atoms with Crippen molar-refractivity contribution in [1.82, 2.24) is 4.98 Å². The maximum Gasteiger partial charge on any atom is 0.124 e. The van der Waals surface area contributed by atoms with Gasteiger partial charge in [-0.05, 0) is 85.3 Å². The van der Waals surface area contributed by atoms with Crippen molar-refractivity contribution in [2.75, 3.05) is 0 Å². The SMILES string of the molecule is CC1CCCc2c1nc1sc3c(c1c2-c1cccc(F)c1)CCCC3.Cl. The molecule has 0 amide bonds. The lowest BCUT2D eigenvalue weighted by Crippen LogP contribution is -2.11. The molecule has 0 aliphatic heterocycles. The smallest absolute Gasteiger partial charge is 0.124 e. The molecule has 0 fully saturated rings. The number of aromatic nitrogens is 1. The zero-order valence-electron chi connectivity index (χ0n) is 15.0. The topological polar surface area (TPSA) is 12.9 Å². The summed E-state index contributed by atoms with van der Waals surface area (Å²) in [7, 11) is 0. The Morgan fingerprint density at radius 3 is 2.73 bits per heavy atom. The molecule has 0 radical (unpaired) electrons. The average molecular weight is 388 g/mol. The number of thiophene rings is 1. The molecule has 0 saturated heterocycles. The average Bonchev–Trinajstić information content (AvgIpc) is 2.99. The molecule has 3 aromatic rings. The highest BCUT2D eigenvalue weighted by molar-refractivity contribution is 7.19. The summed E-state index contributed by atoms with van der Waals surface area (Å²) >= 11 is 1.88. The van der Waals surface area contributed by atoms with Crippen LogP contribution in [0, 0.1) is 5.82 Å². The molecule has 136 valence electrons. The fraction of sp³-hybridized carbons (Fsp3) is 0.409. The van der Waals surface area contributed by atoms with Crippen LogP contribution in [0.15, 0.2) is 24.3 Å². The number of halogens is 2. The highest BCUT2D eigenvalue weighted by Crippen LogP contribution is 2.46. The van der Waals surface area contributed by atoms with Crippen LogP contribution in [0.1, 0.15) is 60.2 Å². The van der Waals surface area contributed by atoms with Gasteiger partial charge in [-0.25, -0.2) is 9.37 Å². The van der Waals surface area contributed by atoms with E-state index in [0.717, 1.165) is 18.4 Å². The second-order valence-electron chi connectivity index (χ2n) is 7.55. The molecular formula is C22H23ClFNS. The second-order valence-corrected chi connectivity index (χ2v) is 8.63. The first-order valence-electron chi connectivity index (χ1n) is 9.45. The number of benzene rings is 1. The predicted octanol–water partition coefficient (Wildman–Crippen LogP) is 6.84. The number of hydrogen-bond acceptors (Lipinski definition) is 2. The molecule has 2 heterocycles. The molecule has 2 aromatic heterocycles. The van der Waals surface area contributed by atoms with Crippen molar-refractivity contribution in [2.45, 2.75) is 57.8 Å². The zero-order chi connectivity index (χ0) is 17.0. The van der Waals surface area contributed by atoms with Crippen LogP contribution in [-0.2, 0) is 19.3 Å². The Morgan fingerprint density at radius 2 is 1.88 bits per heavy atom. The Kier molecular flexibility index (Phi) is 4.79. The van der Waals surface area contributed by atoms with Crippen molar-refractivity contribution in [2.24, 2.45) is 0 Å². The summed E-state index contributed by atoms with van der Waals surface area (Å²) in [6.07, 6.45) is 8.35. The van der Waals surface area contributed by atoms with Gasteiger partial charge in [0.2, 0.25) is 0 Å². The van der Waals surface area contributed by atoms with Gasteiger partial charge < -0.3 is 0 Å². The van der Waals surface area contributed by atoms with E-state index in [1.54, 1.807) is 12.1 Å². The number of nitrogens with zero attached hydrogens (tertiary/aromatic N) is 1. The molecule has 0 N–H and O–H groups in total. The Labute approximate surface area is 164 Å². The monoisotopic (exact) mass is 387 g/mol. The van der Waals surface area contributed by atoms with Crippen LogP contribution in [0.5, 0.6) is 0 Å². The minimum Gasteiger partial charge on any atom is -0.241 e. The van der Waals surface area contributed by atoms with Gasteiger partial charge in [-0.3, -0.25) is 0 Å². The van der Waals surface area contributed by atoms with Gasteiger partial charge in [0.1, 0.15) is 10.6 Å². The molecule has 2 aliphatic rings. The largest absolute Gasteiger partial charge is 0.241 e. The summed E-state index contributed by atoms with van der Waals surface area (Å²) < 4.78 is 14.0. The van der Waals surface area contributed by atoms with Crippen molar-refractivity contribution in [1.29, 1.82) is 0 Å². The van der Waals surface area contributed by atoms with Crippen molar-refractivity contribution in [3.8, 4) is 11.1 Å². The van der Waals surface area contributed by atoms with Gasteiger partial charge in [-0.15, -0.1) is 23.7 Å². The first-order chi connectivity index (χ1) is 12.2. The number of rotatable bonds is 1. The summed E-state index contributed by atoms with van der Waals surface area (Å²) in [6.45, 7) is 2.29. The Hall–Kier alpha value is -1.45. The van der Waals surface area contributed by atoms with E-state index in [2.05, 4.69) is 13.0 Å².